The van der Waals surface area contributed by atoms with Crippen molar-refractivity contribution in [3.8, 4) is 11.6 Å². The highest BCUT2D eigenvalue weighted by molar-refractivity contribution is 7.09. The third-order valence-electron chi connectivity index (χ3n) is 7.96. The minimum Gasteiger partial charge on any atom is -0.494 e. The van der Waals surface area contributed by atoms with Crippen LogP contribution in [-0.2, 0) is 30.6 Å². The summed E-state index contributed by atoms with van der Waals surface area (Å²) in [6, 6.07) is 11.8. The van der Waals surface area contributed by atoms with E-state index in [0.717, 1.165) is 99.0 Å². The molecule has 2 heterocycles. The van der Waals surface area contributed by atoms with Crippen molar-refractivity contribution in [3.05, 3.63) is 135 Å². The molecular formula is C42H54N2O4S. The predicted molar refractivity (Wildman–Crippen MR) is 205 cm³/mol. The average molecular weight is 683 g/mol. The zero-order valence-corrected chi connectivity index (χ0v) is 30.2. The summed E-state index contributed by atoms with van der Waals surface area (Å²) < 4.78 is 7.08. The second-order valence-electron chi connectivity index (χ2n) is 12.0. The van der Waals surface area contributed by atoms with Crippen LogP contribution in [0.5, 0.6) is 11.6 Å². The van der Waals surface area contributed by atoms with Crippen molar-refractivity contribution in [3.63, 3.8) is 0 Å². The lowest BCUT2D eigenvalue weighted by atomic mass is 10.1. The van der Waals surface area contributed by atoms with Crippen LogP contribution in [-0.4, -0.2) is 27.0 Å². The normalized spacial score (nSPS) is 12.1. The molecule has 0 radical (unpaired) electrons. The standard InChI is InChI=1S/C42H54N2O4S/c1-3-5-6-7-8-9-10-11-12-13-14-15-16-17-18-19-20-21-22-23-38(45)34-44-41(46)40(49-42(44)47)32-36-25-28-39(29-26-36)48-31-30-37-27-24-35(4-2)33-43-37/h5-6,8-9,11-12,14-15,17-18,24-29,33,46H,3-4,7,10,13,16,19-23,30-32,34H2,1-2H3. The van der Waals surface area contributed by atoms with Gasteiger partial charge in [0.15, 0.2) is 5.78 Å². The minimum atomic E-state index is -0.306. The molecule has 0 saturated carbocycles. The zero-order chi connectivity index (χ0) is 34.9. The van der Waals surface area contributed by atoms with E-state index in [0.29, 0.717) is 24.3 Å². The van der Waals surface area contributed by atoms with E-state index in [4.69, 9.17) is 4.74 Å². The van der Waals surface area contributed by atoms with Crippen LogP contribution in [0.1, 0.15) is 99.8 Å². The molecule has 0 spiro atoms. The van der Waals surface area contributed by atoms with Crippen LogP contribution in [0, 0.1) is 0 Å². The van der Waals surface area contributed by atoms with Crippen molar-refractivity contribution in [2.24, 2.45) is 0 Å². The monoisotopic (exact) mass is 682 g/mol. The van der Waals surface area contributed by atoms with Crippen LogP contribution in [0.25, 0.3) is 0 Å². The van der Waals surface area contributed by atoms with Gasteiger partial charge in [-0.1, -0.05) is 111 Å². The van der Waals surface area contributed by atoms with Gasteiger partial charge in [-0.25, -0.2) is 0 Å². The Balaban J connectivity index is 1.27. The summed E-state index contributed by atoms with van der Waals surface area (Å²) in [5.74, 6) is 0.616. The number of ketones is 1. The van der Waals surface area contributed by atoms with Gasteiger partial charge in [0.25, 0.3) is 0 Å². The Kier molecular flexibility index (Phi) is 19.2. The van der Waals surface area contributed by atoms with E-state index in [-0.39, 0.29) is 23.1 Å². The molecule has 0 unspecified atom stereocenters. The summed E-state index contributed by atoms with van der Waals surface area (Å²) >= 11 is 0.995. The van der Waals surface area contributed by atoms with Gasteiger partial charge >= 0.3 is 4.87 Å². The summed E-state index contributed by atoms with van der Waals surface area (Å²) in [7, 11) is 0. The SMILES string of the molecule is CCC=CCC=CCC=CCC=CCC=CCCCCCC(=O)Cn1c(O)c(Cc2ccc(OCCc3ccc(CC)cn3)cc2)sc1=O. The summed E-state index contributed by atoms with van der Waals surface area (Å²) in [6.07, 6.45) is 35.2. The fourth-order valence-corrected chi connectivity index (χ4v) is 5.97. The highest BCUT2D eigenvalue weighted by Crippen LogP contribution is 2.25. The molecule has 262 valence electrons. The third-order valence-corrected chi connectivity index (χ3v) is 8.93. The minimum absolute atomic E-state index is 0.0327. The van der Waals surface area contributed by atoms with Gasteiger partial charge in [0.1, 0.15) is 5.75 Å². The first-order chi connectivity index (χ1) is 24.0. The topological polar surface area (TPSA) is 81.4 Å². The number of thiazole rings is 1. The van der Waals surface area contributed by atoms with Gasteiger partial charge in [-0.2, -0.15) is 0 Å². The number of hydrogen-bond donors (Lipinski definition) is 1. The van der Waals surface area contributed by atoms with E-state index in [1.54, 1.807) is 0 Å². The van der Waals surface area contributed by atoms with Gasteiger partial charge in [-0.3, -0.25) is 19.1 Å². The second-order valence-corrected chi connectivity index (χ2v) is 13.0. The molecule has 3 aromatic rings. The van der Waals surface area contributed by atoms with Crippen LogP contribution in [0.15, 0.2) is 108 Å². The molecule has 3 rings (SSSR count). The Hall–Kier alpha value is -4.23. The Morgan fingerprint density at radius 2 is 1.45 bits per heavy atom. The predicted octanol–water partition coefficient (Wildman–Crippen LogP) is 10.1. The Morgan fingerprint density at radius 1 is 0.816 bits per heavy atom. The van der Waals surface area contributed by atoms with Gasteiger partial charge in [0, 0.05) is 31.2 Å². The molecule has 0 atom stereocenters. The van der Waals surface area contributed by atoms with Crippen molar-refractivity contribution in [1.82, 2.24) is 9.55 Å². The largest absolute Gasteiger partial charge is 0.494 e. The molecule has 49 heavy (non-hydrogen) atoms. The highest BCUT2D eigenvalue weighted by Gasteiger charge is 2.17. The first-order valence-corrected chi connectivity index (χ1v) is 18.7. The van der Waals surface area contributed by atoms with Crippen LogP contribution < -0.4 is 9.61 Å². The molecule has 1 N–H and O–H groups in total. The number of rotatable bonds is 24. The van der Waals surface area contributed by atoms with Crippen molar-refractivity contribution in [2.75, 3.05) is 6.61 Å². The number of unbranched alkanes of at least 4 members (excludes halogenated alkanes) is 3. The summed E-state index contributed by atoms with van der Waals surface area (Å²) in [5.41, 5.74) is 3.17. The van der Waals surface area contributed by atoms with Crippen molar-refractivity contribution in [2.45, 2.75) is 104 Å². The first kappa shape index (κ1) is 39.2. The summed E-state index contributed by atoms with van der Waals surface area (Å²) in [5, 5.41) is 10.7. The molecule has 0 bridgehead atoms. The molecule has 0 fully saturated rings. The van der Waals surface area contributed by atoms with Crippen molar-refractivity contribution < 1.29 is 14.6 Å². The first-order valence-electron chi connectivity index (χ1n) is 17.8. The van der Waals surface area contributed by atoms with Gasteiger partial charge in [0.05, 0.1) is 18.0 Å². The van der Waals surface area contributed by atoms with E-state index in [2.05, 4.69) is 85.7 Å². The lowest BCUT2D eigenvalue weighted by Crippen LogP contribution is -2.18. The van der Waals surface area contributed by atoms with Crippen molar-refractivity contribution >= 4 is 17.1 Å². The fourth-order valence-electron chi connectivity index (χ4n) is 5.06. The summed E-state index contributed by atoms with van der Waals surface area (Å²) in [6.45, 7) is 4.70. The number of ether oxygens (including phenoxy) is 1. The lowest BCUT2D eigenvalue weighted by molar-refractivity contribution is -0.119. The molecule has 0 aliphatic rings. The molecule has 1 aromatic carbocycles. The molecule has 2 aromatic heterocycles. The maximum Gasteiger partial charge on any atom is 0.310 e. The number of aromatic nitrogens is 2. The molecule has 0 aliphatic heterocycles. The van der Waals surface area contributed by atoms with Crippen LogP contribution in [0.3, 0.4) is 0 Å². The van der Waals surface area contributed by atoms with Gasteiger partial charge in [0.2, 0.25) is 5.88 Å². The van der Waals surface area contributed by atoms with Crippen molar-refractivity contribution in [1.29, 1.82) is 0 Å². The van der Waals surface area contributed by atoms with E-state index >= 15 is 0 Å². The molecule has 0 amide bonds. The van der Waals surface area contributed by atoms with E-state index in [1.807, 2.05) is 36.5 Å². The van der Waals surface area contributed by atoms with Crippen LogP contribution in [0.2, 0.25) is 0 Å². The Labute approximate surface area is 297 Å². The quantitative estimate of drug-likeness (QED) is 0.0751. The molecule has 6 nitrogen and oxygen atoms in total. The number of pyridine rings is 1. The average Bonchev–Trinajstić information content (AvgIpc) is 3.37. The number of aryl methyl sites for hydroxylation is 1. The van der Waals surface area contributed by atoms with E-state index in [1.165, 1.54) is 10.1 Å². The van der Waals surface area contributed by atoms with Gasteiger partial charge < -0.3 is 9.84 Å². The number of nitrogens with zero attached hydrogens (tertiary/aromatic N) is 2. The van der Waals surface area contributed by atoms with E-state index in [9.17, 15) is 14.7 Å². The fraction of sp³-hybridized carbons (Fsp3) is 0.405. The molecule has 7 heteroatoms. The van der Waals surface area contributed by atoms with Gasteiger partial charge in [-0.05, 0) is 87.1 Å². The maximum atomic E-state index is 12.6. The number of allylic oxidation sites excluding steroid dienone is 10. The number of benzene rings is 1. The van der Waals surface area contributed by atoms with Crippen LogP contribution >= 0.6 is 11.3 Å². The second kappa shape index (κ2) is 24.0. The summed E-state index contributed by atoms with van der Waals surface area (Å²) in [4.78, 5) is 29.9. The Bertz CT molecular complexity index is 1570. The molecule has 0 aliphatic carbocycles. The molecular weight excluding hydrogens is 629 g/mol. The number of carbonyl (C=O) groups is 1. The zero-order valence-electron chi connectivity index (χ0n) is 29.4. The van der Waals surface area contributed by atoms with Gasteiger partial charge in [-0.15, -0.1) is 0 Å². The smallest absolute Gasteiger partial charge is 0.310 e. The number of hydrogen-bond acceptors (Lipinski definition) is 6. The number of carbonyl (C=O) groups excluding carboxylic acids is 1. The number of aromatic hydroxyl groups is 1. The highest BCUT2D eigenvalue weighted by atomic mass is 32.1. The third kappa shape index (κ3) is 16.1. The van der Waals surface area contributed by atoms with E-state index < -0.39 is 0 Å². The number of Topliss-reactive ketones (excluding diaryl/α,β-unsaturated/α-hetero) is 1. The van der Waals surface area contributed by atoms with Crippen LogP contribution in [0.4, 0.5) is 0 Å². The Morgan fingerprint density at radius 3 is 2.06 bits per heavy atom. The molecule has 0 saturated heterocycles. The lowest BCUT2D eigenvalue weighted by Gasteiger charge is -2.08. The maximum absolute atomic E-state index is 12.6.